The van der Waals surface area contributed by atoms with Crippen molar-refractivity contribution >= 4 is 46.3 Å². The summed E-state index contributed by atoms with van der Waals surface area (Å²) in [5.41, 5.74) is 2.87. The Morgan fingerprint density at radius 1 is 0.933 bits per heavy atom. The van der Waals surface area contributed by atoms with Gasteiger partial charge >= 0.3 is 0 Å². The summed E-state index contributed by atoms with van der Waals surface area (Å²) in [6.45, 7) is 7.76. The van der Waals surface area contributed by atoms with Crippen molar-refractivity contribution in [1.29, 1.82) is 0 Å². The van der Waals surface area contributed by atoms with Crippen LogP contribution < -0.4 is 4.90 Å². The van der Waals surface area contributed by atoms with Crippen LogP contribution in [0.2, 0.25) is 10.0 Å². The average molecular weight is 443 g/mol. The molecule has 0 spiro atoms. The summed E-state index contributed by atoms with van der Waals surface area (Å²) >= 11 is 12.6. The first-order valence-electron chi connectivity index (χ1n) is 10.2. The fraction of sp³-hybridized carbons (Fsp3) is 0.333. The third kappa shape index (κ3) is 3.75. The van der Waals surface area contributed by atoms with Gasteiger partial charge in [-0.05, 0) is 55.0 Å². The maximum atomic E-state index is 13.6. The minimum atomic E-state index is -0.351. The lowest BCUT2D eigenvalue weighted by atomic mass is 9.91. The molecule has 2 amide bonds. The predicted octanol–water partition coefficient (Wildman–Crippen LogP) is 5.56. The van der Waals surface area contributed by atoms with Gasteiger partial charge in [0.1, 0.15) is 5.70 Å². The third-order valence-electron chi connectivity index (χ3n) is 5.70. The Bertz CT molecular complexity index is 1050. The van der Waals surface area contributed by atoms with Gasteiger partial charge in [-0.2, -0.15) is 0 Å². The Morgan fingerprint density at radius 2 is 1.63 bits per heavy atom. The van der Waals surface area contributed by atoms with Crippen LogP contribution in [0.5, 0.6) is 0 Å². The first kappa shape index (κ1) is 21.0. The van der Waals surface area contributed by atoms with Crippen LogP contribution in [0.15, 0.2) is 48.2 Å². The number of amides is 2. The standard InChI is InChI=1S/C24H24Cl2N2O2/c1-14-5-4-6-18(10-14)28-23(29)21(19-8-7-17(25)11-20(19)26)22(24(28)30)27-12-15(2)9-16(3)13-27/h4-8,10-11,15-16H,9,12-13H2,1-3H3. The monoisotopic (exact) mass is 442 g/mol. The van der Waals surface area contributed by atoms with Crippen LogP contribution in [-0.4, -0.2) is 29.8 Å². The van der Waals surface area contributed by atoms with Crippen molar-refractivity contribution in [2.75, 3.05) is 18.0 Å². The summed E-state index contributed by atoms with van der Waals surface area (Å²) in [7, 11) is 0. The number of carbonyl (C=O) groups is 2. The van der Waals surface area contributed by atoms with E-state index in [2.05, 4.69) is 18.7 Å². The largest absolute Gasteiger partial charge is 0.366 e. The molecule has 2 aliphatic heterocycles. The molecule has 2 heterocycles. The van der Waals surface area contributed by atoms with Gasteiger partial charge < -0.3 is 4.90 Å². The highest BCUT2D eigenvalue weighted by Gasteiger charge is 2.44. The van der Waals surface area contributed by atoms with Crippen molar-refractivity contribution in [2.45, 2.75) is 27.2 Å². The minimum absolute atomic E-state index is 0.298. The van der Waals surface area contributed by atoms with Crippen LogP contribution >= 0.6 is 23.2 Å². The Balaban J connectivity index is 1.88. The lowest BCUT2D eigenvalue weighted by Gasteiger charge is -2.37. The SMILES string of the molecule is Cc1cccc(N2C(=O)C(c3ccc(Cl)cc3Cl)=C(N3CC(C)CC(C)C3)C2=O)c1. The first-order valence-corrected chi connectivity index (χ1v) is 10.9. The molecule has 156 valence electrons. The Morgan fingerprint density at radius 3 is 2.27 bits per heavy atom. The molecule has 1 saturated heterocycles. The van der Waals surface area contributed by atoms with Gasteiger partial charge in [-0.25, -0.2) is 4.90 Å². The number of piperidine rings is 1. The zero-order valence-corrected chi connectivity index (χ0v) is 18.8. The van der Waals surface area contributed by atoms with E-state index in [1.54, 1.807) is 24.3 Å². The molecule has 0 aliphatic carbocycles. The molecular formula is C24H24Cl2N2O2. The number of halogens is 2. The molecule has 2 unspecified atom stereocenters. The van der Waals surface area contributed by atoms with Crippen LogP contribution in [-0.2, 0) is 9.59 Å². The topological polar surface area (TPSA) is 40.6 Å². The lowest BCUT2D eigenvalue weighted by Crippen LogP contribution is -2.42. The van der Waals surface area contributed by atoms with Gasteiger partial charge in [0, 0.05) is 23.7 Å². The van der Waals surface area contributed by atoms with Gasteiger partial charge in [0.05, 0.1) is 16.3 Å². The molecule has 2 aromatic rings. The number of hydrogen-bond acceptors (Lipinski definition) is 3. The zero-order chi connectivity index (χ0) is 21.6. The average Bonchev–Trinajstić information content (AvgIpc) is 2.91. The summed E-state index contributed by atoms with van der Waals surface area (Å²) < 4.78 is 0. The second-order valence-corrected chi connectivity index (χ2v) is 9.33. The molecule has 6 heteroatoms. The molecule has 2 aliphatic rings. The Labute approximate surface area is 187 Å². The molecule has 0 aromatic heterocycles. The normalized spacial score (nSPS) is 22.3. The second kappa shape index (κ2) is 8.09. The number of anilines is 1. The van der Waals surface area contributed by atoms with E-state index in [9.17, 15) is 9.59 Å². The summed E-state index contributed by atoms with van der Waals surface area (Å²) in [6.07, 6.45) is 1.10. The zero-order valence-electron chi connectivity index (χ0n) is 17.3. The van der Waals surface area contributed by atoms with E-state index in [0.717, 1.165) is 25.1 Å². The number of benzene rings is 2. The maximum absolute atomic E-state index is 13.6. The van der Waals surface area contributed by atoms with Crippen molar-refractivity contribution in [2.24, 2.45) is 11.8 Å². The molecule has 30 heavy (non-hydrogen) atoms. The lowest BCUT2D eigenvalue weighted by molar-refractivity contribution is -0.120. The van der Waals surface area contributed by atoms with E-state index >= 15 is 0 Å². The maximum Gasteiger partial charge on any atom is 0.282 e. The van der Waals surface area contributed by atoms with Gasteiger partial charge in [0.15, 0.2) is 0 Å². The van der Waals surface area contributed by atoms with Crippen molar-refractivity contribution in [3.8, 4) is 0 Å². The molecular weight excluding hydrogens is 419 g/mol. The van der Waals surface area contributed by atoms with E-state index in [0.29, 0.717) is 44.4 Å². The van der Waals surface area contributed by atoms with E-state index in [-0.39, 0.29) is 11.8 Å². The van der Waals surface area contributed by atoms with E-state index < -0.39 is 0 Å². The molecule has 0 radical (unpaired) electrons. The Kier molecular flexibility index (Phi) is 5.65. The molecule has 4 nitrogen and oxygen atoms in total. The number of likely N-dealkylation sites (tertiary alicyclic amines) is 1. The van der Waals surface area contributed by atoms with Crippen LogP contribution in [0, 0.1) is 18.8 Å². The summed E-state index contributed by atoms with van der Waals surface area (Å²) in [6, 6.07) is 12.5. The second-order valence-electron chi connectivity index (χ2n) is 8.48. The van der Waals surface area contributed by atoms with Crippen LogP contribution in [0.4, 0.5) is 5.69 Å². The van der Waals surface area contributed by atoms with Crippen LogP contribution in [0.25, 0.3) is 5.57 Å². The summed E-state index contributed by atoms with van der Waals surface area (Å²) in [5, 5.41) is 0.846. The van der Waals surface area contributed by atoms with Gasteiger partial charge in [-0.3, -0.25) is 9.59 Å². The summed E-state index contributed by atoms with van der Waals surface area (Å²) in [4.78, 5) is 30.6. The molecule has 4 rings (SSSR count). The van der Waals surface area contributed by atoms with Gasteiger partial charge in [-0.15, -0.1) is 0 Å². The first-order chi connectivity index (χ1) is 14.3. The number of rotatable bonds is 3. The third-order valence-corrected chi connectivity index (χ3v) is 6.25. The number of hydrogen-bond donors (Lipinski definition) is 0. The molecule has 1 fully saturated rings. The number of nitrogens with zero attached hydrogens (tertiary/aromatic N) is 2. The van der Waals surface area contributed by atoms with Crippen molar-refractivity contribution in [3.63, 3.8) is 0 Å². The summed E-state index contributed by atoms with van der Waals surface area (Å²) in [5.74, 6) is 0.210. The number of carbonyl (C=O) groups excluding carboxylic acids is 2. The van der Waals surface area contributed by atoms with Gasteiger partial charge in [0.2, 0.25) is 0 Å². The van der Waals surface area contributed by atoms with Crippen LogP contribution in [0.3, 0.4) is 0 Å². The molecule has 2 aromatic carbocycles. The molecule has 0 saturated carbocycles. The van der Waals surface area contributed by atoms with Crippen molar-refractivity contribution in [3.05, 3.63) is 69.3 Å². The quantitative estimate of drug-likeness (QED) is 0.583. The predicted molar refractivity (Wildman–Crippen MR) is 122 cm³/mol. The van der Waals surface area contributed by atoms with Gasteiger partial charge in [0.25, 0.3) is 11.8 Å². The molecule has 2 atom stereocenters. The van der Waals surface area contributed by atoms with Crippen molar-refractivity contribution in [1.82, 2.24) is 4.90 Å². The Hall–Kier alpha value is -2.30. The fourth-order valence-electron chi connectivity index (χ4n) is 4.59. The number of imide groups is 1. The highest BCUT2D eigenvalue weighted by molar-refractivity contribution is 6.47. The smallest absolute Gasteiger partial charge is 0.282 e. The van der Waals surface area contributed by atoms with E-state index in [1.165, 1.54) is 4.90 Å². The fourth-order valence-corrected chi connectivity index (χ4v) is 5.10. The van der Waals surface area contributed by atoms with Crippen molar-refractivity contribution < 1.29 is 9.59 Å². The van der Waals surface area contributed by atoms with Gasteiger partial charge in [-0.1, -0.05) is 55.2 Å². The minimum Gasteiger partial charge on any atom is -0.366 e. The highest BCUT2D eigenvalue weighted by atomic mass is 35.5. The number of aryl methyl sites for hydroxylation is 1. The molecule has 0 bridgehead atoms. The molecule has 0 N–H and O–H groups in total. The van der Waals surface area contributed by atoms with Crippen LogP contribution in [0.1, 0.15) is 31.4 Å². The highest BCUT2D eigenvalue weighted by Crippen LogP contribution is 2.40. The van der Waals surface area contributed by atoms with E-state index in [1.807, 2.05) is 25.1 Å². The van der Waals surface area contributed by atoms with E-state index in [4.69, 9.17) is 23.2 Å².